The van der Waals surface area contributed by atoms with E-state index in [1.165, 1.54) is 0 Å². The smallest absolute Gasteiger partial charge is 0.243 e. The Hall–Kier alpha value is -2.25. The fraction of sp³-hybridized carbons (Fsp3) is 0.471. The number of pyridine rings is 1. The lowest BCUT2D eigenvalue weighted by Gasteiger charge is -2.36. The summed E-state index contributed by atoms with van der Waals surface area (Å²) in [5.41, 5.74) is 2.13. The molecule has 3 aromatic heterocycles. The minimum atomic E-state index is 0.170. The Bertz CT molecular complexity index is 784. The van der Waals surface area contributed by atoms with Crippen LogP contribution in [-0.4, -0.2) is 55.5 Å². The van der Waals surface area contributed by atoms with Crippen molar-refractivity contribution in [2.45, 2.75) is 26.4 Å². The topological polar surface area (TPSA) is 62.7 Å². The molecule has 24 heavy (non-hydrogen) atoms. The van der Waals surface area contributed by atoms with Crippen LogP contribution in [0, 0.1) is 6.92 Å². The first-order valence-corrected chi connectivity index (χ1v) is 8.38. The number of fused-ring (bicyclic) bond motifs is 1. The molecule has 0 aliphatic carbocycles. The van der Waals surface area contributed by atoms with Gasteiger partial charge in [0.15, 0.2) is 5.82 Å². The number of hydrogen-bond acceptors (Lipinski definition) is 6. The number of imidazole rings is 1. The molecule has 7 heteroatoms. The van der Waals surface area contributed by atoms with Gasteiger partial charge in [-0.3, -0.25) is 9.80 Å². The molecule has 1 aliphatic rings. The molecular formula is C17H22N6O. The summed E-state index contributed by atoms with van der Waals surface area (Å²) in [6.07, 6.45) is 4.16. The molecule has 126 valence electrons. The summed E-state index contributed by atoms with van der Waals surface area (Å²) in [5.74, 6) is 1.41. The van der Waals surface area contributed by atoms with E-state index in [1.807, 2.05) is 31.3 Å². The Kier molecular flexibility index (Phi) is 4.03. The second kappa shape index (κ2) is 6.33. The molecule has 1 aliphatic heterocycles. The van der Waals surface area contributed by atoms with Crippen molar-refractivity contribution in [3.05, 3.63) is 48.0 Å². The number of aromatic nitrogens is 4. The molecule has 0 spiro atoms. The Morgan fingerprint density at radius 1 is 1.17 bits per heavy atom. The maximum atomic E-state index is 5.31. The van der Waals surface area contributed by atoms with Gasteiger partial charge in [0.1, 0.15) is 5.65 Å². The maximum absolute atomic E-state index is 5.31. The molecule has 0 saturated carbocycles. The van der Waals surface area contributed by atoms with Crippen LogP contribution >= 0.6 is 0 Å². The van der Waals surface area contributed by atoms with Gasteiger partial charge < -0.3 is 8.92 Å². The molecule has 7 nitrogen and oxygen atoms in total. The van der Waals surface area contributed by atoms with E-state index in [2.05, 4.69) is 42.4 Å². The Morgan fingerprint density at radius 3 is 2.71 bits per heavy atom. The number of hydrogen-bond donors (Lipinski definition) is 0. The predicted octanol–water partition coefficient (Wildman–Crippen LogP) is 1.90. The van der Waals surface area contributed by atoms with Crippen LogP contribution in [0.15, 0.2) is 35.1 Å². The standard InChI is InChI=1S/C17H22N6O/c1-13(17-18-14(2)20-24-17)22-9-7-21(8-10-22)11-15-12-23-6-4-3-5-16(23)19-15/h3-6,12-13H,7-11H2,1-2H3/t13-/m0/s1. The monoisotopic (exact) mass is 326 g/mol. The first kappa shape index (κ1) is 15.3. The van der Waals surface area contributed by atoms with Gasteiger partial charge >= 0.3 is 0 Å². The van der Waals surface area contributed by atoms with Crippen LogP contribution in [0.3, 0.4) is 0 Å². The fourth-order valence-electron chi connectivity index (χ4n) is 3.24. The van der Waals surface area contributed by atoms with Crippen LogP contribution in [0.4, 0.5) is 0 Å². The lowest BCUT2D eigenvalue weighted by Crippen LogP contribution is -2.46. The lowest BCUT2D eigenvalue weighted by molar-refractivity contribution is 0.0839. The summed E-state index contributed by atoms with van der Waals surface area (Å²) >= 11 is 0. The predicted molar refractivity (Wildman–Crippen MR) is 89.5 cm³/mol. The summed E-state index contributed by atoms with van der Waals surface area (Å²) in [4.78, 5) is 13.9. The molecule has 0 amide bonds. The molecule has 4 heterocycles. The third kappa shape index (κ3) is 3.05. The normalized spacial score (nSPS) is 18.2. The molecule has 3 aromatic rings. The fourth-order valence-corrected chi connectivity index (χ4v) is 3.24. The number of aryl methyl sites for hydroxylation is 1. The van der Waals surface area contributed by atoms with Gasteiger partial charge in [-0.15, -0.1) is 0 Å². The molecule has 4 rings (SSSR count). The largest absolute Gasteiger partial charge is 0.338 e. The van der Waals surface area contributed by atoms with Gasteiger partial charge in [0.2, 0.25) is 5.89 Å². The molecule has 0 unspecified atom stereocenters. The Labute approximate surface area is 140 Å². The van der Waals surface area contributed by atoms with E-state index in [0.29, 0.717) is 11.7 Å². The number of nitrogens with zero attached hydrogens (tertiary/aromatic N) is 6. The molecule has 0 bridgehead atoms. The van der Waals surface area contributed by atoms with E-state index in [-0.39, 0.29) is 6.04 Å². The van der Waals surface area contributed by atoms with Crippen molar-refractivity contribution in [3.8, 4) is 0 Å². The third-order valence-electron chi connectivity index (χ3n) is 4.65. The zero-order valence-electron chi connectivity index (χ0n) is 14.1. The second-order valence-corrected chi connectivity index (χ2v) is 6.37. The molecule has 0 N–H and O–H groups in total. The Morgan fingerprint density at radius 2 is 2.00 bits per heavy atom. The van der Waals surface area contributed by atoms with Crippen molar-refractivity contribution in [3.63, 3.8) is 0 Å². The van der Waals surface area contributed by atoms with Crippen molar-refractivity contribution in [2.75, 3.05) is 26.2 Å². The minimum Gasteiger partial charge on any atom is -0.338 e. The average Bonchev–Trinajstić information content (AvgIpc) is 3.20. The highest BCUT2D eigenvalue weighted by molar-refractivity contribution is 5.39. The van der Waals surface area contributed by atoms with Crippen LogP contribution in [0.2, 0.25) is 0 Å². The third-order valence-corrected chi connectivity index (χ3v) is 4.65. The van der Waals surface area contributed by atoms with Gasteiger partial charge in [0.05, 0.1) is 11.7 Å². The van der Waals surface area contributed by atoms with Gasteiger partial charge in [0.25, 0.3) is 0 Å². The summed E-state index contributed by atoms with van der Waals surface area (Å²) < 4.78 is 7.38. The maximum Gasteiger partial charge on any atom is 0.243 e. The molecule has 0 aromatic carbocycles. The second-order valence-electron chi connectivity index (χ2n) is 6.37. The molecule has 1 fully saturated rings. The summed E-state index contributed by atoms with van der Waals surface area (Å²) in [6.45, 7) is 8.91. The molecule has 1 atom stereocenters. The van der Waals surface area contributed by atoms with Crippen molar-refractivity contribution in [1.29, 1.82) is 0 Å². The average molecular weight is 326 g/mol. The minimum absolute atomic E-state index is 0.170. The van der Waals surface area contributed by atoms with Gasteiger partial charge in [0, 0.05) is 45.1 Å². The van der Waals surface area contributed by atoms with Crippen LogP contribution < -0.4 is 0 Å². The SMILES string of the molecule is Cc1noc([C@H](C)N2CCN(Cc3cn4ccccc4n3)CC2)n1. The van der Waals surface area contributed by atoms with Crippen LogP contribution in [0.25, 0.3) is 5.65 Å². The molecule has 0 radical (unpaired) electrons. The highest BCUT2D eigenvalue weighted by Gasteiger charge is 2.25. The first-order chi connectivity index (χ1) is 11.7. The van der Waals surface area contributed by atoms with Gasteiger partial charge in [-0.2, -0.15) is 4.98 Å². The summed E-state index contributed by atoms with van der Waals surface area (Å²) in [5, 5.41) is 3.89. The van der Waals surface area contributed by atoms with Crippen LogP contribution in [-0.2, 0) is 6.54 Å². The first-order valence-electron chi connectivity index (χ1n) is 8.38. The molecular weight excluding hydrogens is 304 g/mol. The van der Waals surface area contributed by atoms with Crippen molar-refractivity contribution < 1.29 is 4.52 Å². The zero-order chi connectivity index (χ0) is 16.5. The van der Waals surface area contributed by atoms with E-state index in [9.17, 15) is 0 Å². The summed E-state index contributed by atoms with van der Waals surface area (Å²) in [6, 6.07) is 6.25. The lowest BCUT2D eigenvalue weighted by atomic mass is 10.2. The summed E-state index contributed by atoms with van der Waals surface area (Å²) in [7, 11) is 0. The Balaban J connectivity index is 1.35. The van der Waals surface area contributed by atoms with E-state index >= 15 is 0 Å². The highest BCUT2D eigenvalue weighted by atomic mass is 16.5. The zero-order valence-corrected chi connectivity index (χ0v) is 14.1. The highest BCUT2D eigenvalue weighted by Crippen LogP contribution is 2.20. The van der Waals surface area contributed by atoms with Crippen molar-refractivity contribution in [2.24, 2.45) is 0 Å². The van der Waals surface area contributed by atoms with E-state index in [0.717, 1.165) is 44.1 Å². The van der Waals surface area contributed by atoms with Gasteiger partial charge in [-0.05, 0) is 26.0 Å². The number of piperazine rings is 1. The van der Waals surface area contributed by atoms with Crippen LogP contribution in [0.1, 0.15) is 30.4 Å². The van der Waals surface area contributed by atoms with E-state index in [4.69, 9.17) is 4.52 Å². The quantitative estimate of drug-likeness (QED) is 0.730. The van der Waals surface area contributed by atoms with E-state index < -0.39 is 0 Å². The van der Waals surface area contributed by atoms with Gasteiger partial charge in [-0.25, -0.2) is 4.98 Å². The number of rotatable bonds is 4. The van der Waals surface area contributed by atoms with Crippen molar-refractivity contribution >= 4 is 5.65 Å². The molecule has 1 saturated heterocycles. The van der Waals surface area contributed by atoms with E-state index in [1.54, 1.807) is 0 Å². The van der Waals surface area contributed by atoms with Gasteiger partial charge in [-0.1, -0.05) is 11.2 Å². The van der Waals surface area contributed by atoms with Crippen molar-refractivity contribution in [1.82, 2.24) is 29.3 Å². The van der Waals surface area contributed by atoms with Crippen LogP contribution in [0.5, 0.6) is 0 Å².